The first-order chi connectivity index (χ1) is 20.5. The standard InChI is InChI=1S/C34H44FN3O3S/c1-2-3-4-5-6-7-8-9-34(40)41-25-38-30-22-26(10-11-27(30)12-13-33(38)39)14-16-36-17-19-37(20-18-36)31-23-28(35)24-32-29(31)15-21-42-32/h10-11,15,21-24H,2-9,12-14,16-20,25H2,1H3. The van der Waals surface area contributed by atoms with Crippen molar-refractivity contribution in [3.05, 3.63) is 58.7 Å². The van der Waals surface area contributed by atoms with E-state index in [0.717, 1.165) is 91.9 Å². The minimum Gasteiger partial charge on any atom is -0.444 e. The van der Waals surface area contributed by atoms with Gasteiger partial charge in [0.25, 0.3) is 0 Å². The van der Waals surface area contributed by atoms with E-state index in [1.807, 2.05) is 5.38 Å². The summed E-state index contributed by atoms with van der Waals surface area (Å²) in [6.45, 7) is 6.70. The molecule has 8 heteroatoms. The lowest BCUT2D eigenvalue weighted by Gasteiger charge is -2.36. The van der Waals surface area contributed by atoms with Gasteiger partial charge in [-0.25, -0.2) is 4.39 Å². The molecular formula is C34H44FN3O3S. The number of carbonyl (C=O) groups is 2. The number of esters is 1. The summed E-state index contributed by atoms with van der Waals surface area (Å²) >= 11 is 1.58. The van der Waals surface area contributed by atoms with Gasteiger partial charge in [0.1, 0.15) is 5.82 Å². The highest BCUT2D eigenvalue weighted by molar-refractivity contribution is 7.17. The van der Waals surface area contributed by atoms with Gasteiger partial charge >= 0.3 is 5.97 Å². The zero-order chi connectivity index (χ0) is 29.3. The van der Waals surface area contributed by atoms with E-state index in [1.54, 1.807) is 28.4 Å². The maximum absolute atomic E-state index is 14.2. The third-order valence-corrected chi connectivity index (χ3v) is 9.50. The van der Waals surface area contributed by atoms with Gasteiger partial charge in [-0.05, 0) is 60.0 Å². The third-order valence-electron chi connectivity index (χ3n) is 8.63. The lowest BCUT2D eigenvalue weighted by atomic mass is 9.98. The third kappa shape index (κ3) is 7.90. The first-order valence-electron chi connectivity index (χ1n) is 15.7. The Kier molecular flexibility index (Phi) is 10.9. The number of piperazine rings is 1. The molecule has 6 nitrogen and oxygen atoms in total. The van der Waals surface area contributed by atoms with Crippen molar-refractivity contribution in [2.75, 3.05) is 49.3 Å². The van der Waals surface area contributed by atoms with Gasteiger partial charge in [0.05, 0.1) is 5.69 Å². The Labute approximate surface area is 253 Å². The molecule has 0 radical (unpaired) electrons. The van der Waals surface area contributed by atoms with E-state index < -0.39 is 0 Å². The Morgan fingerprint density at radius 2 is 1.71 bits per heavy atom. The normalized spacial score (nSPS) is 15.8. The molecule has 0 unspecified atom stereocenters. The molecule has 42 heavy (non-hydrogen) atoms. The predicted molar refractivity (Wildman–Crippen MR) is 170 cm³/mol. The minimum atomic E-state index is -0.225. The summed E-state index contributed by atoms with van der Waals surface area (Å²) in [5.41, 5.74) is 4.18. The number of amides is 1. The molecule has 3 heterocycles. The maximum Gasteiger partial charge on any atom is 0.307 e. The lowest BCUT2D eigenvalue weighted by molar-refractivity contribution is -0.144. The summed E-state index contributed by atoms with van der Waals surface area (Å²) in [5.74, 6) is -0.390. The van der Waals surface area contributed by atoms with Crippen molar-refractivity contribution in [1.29, 1.82) is 0 Å². The molecule has 0 N–H and O–H groups in total. The number of ether oxygens (including phenoxy) is 1. The minimum absolute atomic E-state index is 0.00986. The van der Waals surface area contributed by atoms with Crippen molar-refractivity contribution in [3.8, 4) is 0 Å². The van der Waals surface area contributed by atoms with Crippen molar-refractivity contribution in [1.82, 2.24) is 4.90 Å². The zero-order valence-corrected chi connectivity index (χ0v) is 25.7. The van der Waals surface area contributed by atoms with E-state index in [4.69, 9.17) is 4.74 Å². The van der Waals surface area contributed by atoms with Gasteiger partial charge in [0.15, 0.2) is 6.73 Å². The smallest absolute Gasteiger partial charge is 0.307 e. The molecule has 1 fully saturated rings. The molecule has 2 aliphatic heterocycles. The van der Waals surface area contributed by atoms with Gasteiger partial charge in [0.2, 0.25) is 5.91 Å². The topological polar surface area (TPSA) is 53.1 Å². The van der Waals surface area contributed by atoms with Gasteiger partial charge in [0, 0.05) is 61.3 Å². The summed E-state index contributed by atoms with van der Waals surface area (Å²) < 4.78 is 20.8. The highest BCUT2D eigenvalue weighted by Gasteiger charge is 2.26. The first-order valence-corrected chi connectivity index (χ1v) is 16.6. The van der Waals surface area contributed by atoms with Gasteiger partial charge in [-0.3, -0.25) is 19.4 Å². The summed E-state index contributed by atoms with van der Waals surface area (Å²) in [6.07, 6.45) is 10.5. The van der Waals surface area contributed by atoms with Crippen molar-refractivity contribution in [3.63, 3.8) is 0 Å². The Hall–Kier alpha value is -2.97. The van der Waals surface area contributed by atoms with Crippen LogP contribution in [0.2, 0.25) is 0 Å². The SMILES string of the molecule is CCCCCCCCCC(=O)OCN1C(=O)CCc2ccc(CCN3CCN(c4cc(F)cc5sccc45)CC3)cc21. The maximum atomic E-state index is 14.2. The quantitative estimate of drug-likeness (QED) is 0.145. The Morgan fingerprint density at radius 1 is 0.929 bits per heavy atom. The second kappa shape index (κ2) is 15.0. The molecule has 3 aromatic rings. The van der Waals surface area contributed by atoms with Crippen molar-refractivity contribution < 1.29 is 18.7 Å². The average Bonchev–Trinajstić information content (AvgIpc) is 3.47. The van der Waals surface area contributed by atoms with E-state index >= 15 is 0 Å². The average molecular weight is 594 g/mol. The van der Waals surface area contributed by atoms with E-state index in [1.165, 1.54) is 31.2 Å². The fourth-order valence-corrected chi connectivity index (χ4v) is 6.93. The number of hydrogen-bond donors (Lipinski definition) is 0. The Balaban J connectivity index is 1.10. The highest BCUT2D eigenvalue weighted by Crippen LogP contribution is 2.33. The molecule has 0 saturated carbocycles. The number of rotatable bonds is 14. The number of fused-ring (bicyclic) bond motifs is 2. The number of thiophene rings is 1. The summed E-state index contributed by atoms with van der Waals surface area (Å²) in [6, 6.07) is 11.8. The zero-order valence-electron chi connectivity index (χ0n) is 24.9. The number of nitrogens with zero attached hydrogens (tertiary/aromatic N) is 3. The molecule has 1 aromatic heterocycles. The van der Waals surface area contributed by atoms with E-state index in [9.17, 15) is 14.0 Å². The number of hydrogen-bond acceptors (Lipinski definition) is 6. The monoisotopic (exact) mass is 593 g/mol. The van der Waals surface area contributed by atoms with Gasteiger partial charge in [-0.1, -0.05) is 57.6 Å². The molecule has 2 aromatic carbocycles. The summed E-state index contributed by atoms with van der Waals surface area (Å²) in [5, 5.41) is 3.16. The number of carbonyl (C=O) groups excluding carboxylic acids is 2. The largest absolute Gasteiger partial charge is 0.444 e. The van der Waals surface area contributed by atoms with Crippen LogP contribution in [0.15, 0.2) is 41.8 Å². The van der Waals surface area contributed by atoms with Crippen LogP contribution in [0.5, 0.6) is 0 Å². The van der Waals surface area contributed by atoms with E-state index in [-0.39, 0.29) is 24.4 Å². The first kappa shape index (κ1) is 30.5. The molecule has 5 rings (SSSR count). The van der Waals surface area contributed by atoms with E-state index in [0.29, 0.717) is 12.8 Å². The lowest BCUT2D eigenvalue weighted by Crippen LogP contribution is -2.47. The van der Waals surface area contributed by atoms with Crippen LogP contribution >= 0.6 is 11.3 Å². The van der Waals surface area contributed by atoms with Crippen LogP contribution in [-0.2, 0) is 27.2 Å². The predicted octanol–water partition coefficient (Wildman–Crippen LogP) is 7.33. The molecule has 0 spiro atoms. The van der Waals surface area contributed by atoms with Gasteiger partial charge in [-0.2, -0.15) is 0 Å². The number of anilines is 2. The molecule has 0 atom stereocenters. The van der Waals surface area contributed by atoms with Crippen LogP contribution in [0.1, 0.15) is 75.8 Å². The van der Waals surface area contributed by atoms with Gasteiger partial charge < -0.3 is 9.64 Å². The second-order valence-corrected chi connectivity index (χ2v) is 12.6. The number of benzene rings is 2. The van der Waals surface area contributed by atoms with Crippen molar-refractivity contribution >= 4 is 44.7 Å². The molecule has 0 bridgehead atoms. The van der Waals surface area contributed by atoms with Crippen molar-refractivity contribution in [2.24, 2.45) is 0 Å². The second-order valence-electron chi connectivity index (χ2n) is 11.6. The van der Waals surface area contributed by atoms with Crippen LogP contribution in [0.25, 0.3) is 10.1 Å². The molecule has 1 amide bonds. The van der Waals surface area contributed by atoms with Crippen LogP contribution in [-0.4, -0.2) is 56.2 Å². The van der Waals surface area contributed by atoms with Crippen LogP contribution in [0.4, 0.5) is 15.8 Å². The fraction of sp³-hybridized carbons (Fsp3) is 0.529. The van der Waals surface area contributed by atoms with E-state index in [2.05, 4.69) is 41.0 Å². The fourth-order valence-electron chi connectivity index (χ4n) is 6.10. The highest BCUT2D eigenvalue weighted by atomic mass is 32.1. The summed E-state index contributed by atoms with van der Waals surface area (Å²) in [7, 11) is 0. The van der Waals surface area contributed by atoms with Crippen LogP contribution < -0.4 is 9.80 Å². The number of unbranched alkanes of at least 4 members (excludes halogenated alkanes) is 6. The Morgan fingerprint density at radius 3 is 2.52 bits per heavy atom. The number of halogens is 1. The Bertz CT molecular complexity index is 1350. The van der Waals surface area contributed by atoms with Crippen molar-refractivity contribution in [2.45, 2.75) is 77.6 Å². The van der Waals surface area contributed by atoms with Crippen LogP contribution in [0.3, 0.4) is 0 Å². The number of aryl methyl sites for hydroxylation is 1. The van der Waals surface area contributed by atoms with Gasteiger partial charge in [-0.15, -0.1) is 11.3 Å². The van der Waals surface area contributed by atoms with Crippen LogP contribution in [0, 0.1) is 5.82 Å². The molecule has 226 valence electrons. The summed E-state index contributed by atoms with van der Waals surface area (Å²) in [4.78, 5) is 31.6. The molecular weight excluding hydrogens is 549 g/mol. The molecule has 2 aliphatic rings. The molecule has 1 saturated heterocycles. The molecule has 0 aliphatic carbocycles.